The predicted molar refractivity (Wildman–Crippen MR) is 166 cm³/mol. The van der Waals surface area contributed by atoms with E-state index in [-0.39, 0.29) is 34.9 Å². The van der Waals surface area contributed by atoms with E-state index in [1.165, 1.54) is 12.1 Å². The van der Waals surface area contributed by atoms with Crippen molar-refractivity contribution in [2.24, 2.45) is 5.41 Å². The second-order valence-electron chi connectivity index (χ2n) is 12.1. The maximum Gasteiger partial charge on any atom is 0.350 e. The Bertz CT molecular complexity index is 1840. The Labute approximate surface area is 248 Å². The summed E-state index contributed by atoms with van der Waals surface area (Å²) >= 11 is 1.76. The molecule has 42 heavy (non-hydrogen) atoms. The van der Waals surface area contributed by atoms with Crippen LogP contribution in [0.4, 0.5) is 10.2 Å². The van der Waals surface area contributed by atoms with Gasteiger partial charge in [-0.2, -0.15) is 4.98 Å². The maximum absolute atomic E-state index is 14.9. The molecule has 3 aliphatic rings. The molecule has 0 radical (unpaired) electrons. The molecule has 1 spiro atoms. The van der Waals surface area contributed by atoms with Crippen LogP contribution in [-0.4, -0.2) is 64.5 Å². The fourth-order valence-electron chi connectivity index (χ4n) is 7.07. The Morgan fingerprint density at radius 1 is 1.12 bits per heavy atom. The number of rotatable bonds is 3. The molecule has 9 heteroatoms. The van der Waals surface area contributed by atoms with E-state index in [4.69, 9.17) is 9.72 Å². The summed E-state index contributed by atoms with van der Waals surface area (Å²) in [7, 11) is 0. The third-order valence-electron chi connectivity index (χ3n) is 9.02. The molecule has 216 valence electrons. The van der Waals surface area contributed by atoms with Crippen molar-refractivity contribution >= 4 is 45.2 Å². The van der Waals surface area contributed by atoms with Crippen LogP contribution in [0.1, 0.15) is 19.4 Å². The second kappa shape index (κ2) is 9.95. The molecule has 1 amide bonds. The highest BCUT2D eigenvalue weighted by Crippen LogP contribution is 2.49. The number of carbonyl (C=O) groups excluding carboxylic acids is 1. The molecule has 1 aromatic heterocycles. The number of carbonyl (C=O) groups is 1. The first kappa shape index (κ1) is 27.2. The van der Waals surface area contributed by atoms with Gasteiger partial charge in [0, 0.05) is 64.1 Å². The molecular formula is C33H33FN4O3S. The predicted octanol–water partition coefficient (Wildman–Crippen LogP) is 5.40. The van der Waals surface area contributed by atoms with Crippen molar-refractivity contribution in [3.8, 4) is 11.1 Å². The van der Waals surface area contributed by atoms with Gasteiger partial charge in [-0.15, -0.1) is 11.8 Å². The van der Waals surface area contributed by atoms with E-state index in [0.29, 0.717) is 44.1 Å². The molecule has 2 atom stereocenters. The lowest BCUT2D eigenvalue weighted by Crippen LogP contribution is -2.58. The molecule has 0 aliphatic carbocycles. The summed E-state index contributed by atoms with van der Waals surface area (Å²) in [6, 6.07) is 12.9. The average molecular weight is 585 g/mol. The molecule has 0 bridgehead atoms. The summed E-state index contributed by atoms with van der Waals surface area (Å²) in [5, 5.41) is 2.34. The number of piperazine rings is 1. The van der Waals surface area contributed by atoms with Gasteiger partial charge in [0.25, 0.3) is 0 Å². The number of aromatic nitrogens is 2. The van der Waals surface area contributed by atoms with E-state index < -0.39 is 0 Å². The van der Waals surface area contributed by atoms with E-state index in [1.54, 1.807) is 11.8 Å². The largest absolute Gasteiger partial charge is 0.380 e. The first-order valence-electron chi connectivity index (χ1n) is 14.4. The van der Waals surface area contributed by atoms with Gasteiger partial charge in [0.05, 0.1) is 18.7 Å². The lowest BCUT2D eigenvalue weighted by atomic mass is 9.88. The highest BCUT2D eigenvalue weighted by molar-refractivity contribution is 7.99. The molecule has 7 nitrogen and oxygen atoms in total. The van der Waals surface area contributed by atoms with Crippen molar-refractivity contribution < 1.29 is 13.9 Å². The number of anilines is 1. The van der Waals surface area contributed by atoms with Gasteiger partial charge in [-0.25, -0.2) is 9.18 Å². The fourth-order valence-corrected chi connectivity index (χ4v) is 8.55. The zero-order valence-corrected chi connectivity index (χ0v) is 24.8. The highest BCUT2D eigenvalue weighted by atomic mass is 32.2. The van der Waals surface area contributed by atoms with Gasteiger partial charge in [0.2, 0.25) is 5.91 Å². The number of fused-ring (bicyclic) bond motifs is 1. The number of nitrogens with zero attached hydrogens (tertiary/aromatic N) is 4. The van der Waals surface area contributed by atoms with Crippen LogP contribution in [0.2, 0.25) is 0 Å². The van der Waals surface area contributed by atoms with Crippen LogP contribution in [-0.2, 0) is 16.1 Å². The van der Waals surface area contributed by atoms with Crippen LogP contribution in [0, 0.1) is 18.2 Å². The van der Waals surface area contributed by atoms with E-state index >= 15 is 0 Å². The van der Waals surface area contributed by atoms with Gasteiger partial charge in [-0.3, -0.25) is 9.36 Å². The van der Waals surface area contributed by atoms with Gasteiger partial charge < -0.3 is 14.5 Å². The Morgan fingerprint density at radius 3 is 2.50 bits per heavy atom. The number of halogens is 1. The lowest BCUT2D eigenvalue weighted by Gasteiger charge is -2.44. The zero-order chi connectivity index (χ0) is 29.3. The molecule has 3 aromatic carbocycles. The lowest BCUT2D eigenvalue weighted by molar-refractivity contribution is -0.130. The molecule has 3 aliphatic heterocycles. The Balaban J connectivity index is 1.48. The van der Waals surface area contributed by atoms with Crippen molar-refractivity contribution in [3.63, 3.8) is 0 Å². The van der Waals surface area contributed by atoms with Gasteiger partial charge in [0.15, 0.2) is 0 Å². The van der Waals surface area contributed by atoms with Crippen LogP contribution in [0.3, 0.4) is 0 Å². The summed E-state index contributed by atoms with van der Waals surface area (Å²) in [5.74, 6) is 1.12. The minimum atomic E-state index is -0.281. The zero-order valence-electron chi connectivity index (χ0n) is 24.0. The van der Waals surface area contributed by atoms with Crippen molar-refractivity contribution in [3.05, 3.63) is 77.0 Å². The standard InChI is InChI=1S/C33H33FN4O3S/c1-5-27(39)38-20(3)13-36(14-21(38)4)31-25-12-19(2)28(24-10-11-26(34)23-9-7-6-8-22(23)24)30-29(25)37(32(40)35-31)15-33(18-42-30)16-41-17-33/h5-12,20-21H,1,13-18H2,2-4H3/t20-,21+. The Morgan fingerprint density at radius 2 is 1.83 bits per heavy atom. The molecule has 2 saturated heterocycles. The van der Waals surface area contributed by atoms with Crippen LogP contribution in [0.25, 0.3) is 32.8 Å². The van der Waals surface area contributed by atoms with E-state index in [2.05, 4.69) is 24.5 Å². The number of aryl methyl sites for hydroxylation is 1. The van der Waals surface area contributed by atoms with E-state index in [0.717, 1.165) is 43.6 Å². The number of hydrogen-bond acceptors (Lipinski definition) is 6. The summed E-state index contributed by atoms with van der Waals surface area (Å²) < 4.78 is 22.4. The molecule has 2 fully saturated rings. The van der Waals surface area contributed by atoms with Crippen molar-refractivity contribution in [1.82, 2.24) is 14.5 Å². The second-order valence-corrected chi connectivity index (χ2v) is 13.1. The third-order valence-corrected chi connectivity index (χ3v) is 10.5. The molecule has 4 heterocycles. The monoisotopic (exact) mass is 584 g/mol. The van der Waals surface area contributed by atoms with Crippen molar-refractivity contribution in [2.45, 2.75) is 44.3 Å². The van der Waals surface area contributed by atoms with E-state index in [1.807, 2.05) is 53.6 Å². The highest BCUT2D eigenvalue weighted by Gasteiger charge is 2.43. The molecule has 0 unspecified atom stereocenters. The molecule has 4 aromatic rings. The number of benzene rings is 3. The Hall–Kier alpha value is -3.69. The average Bonchev–Trinajstić information content (AvgIpc) is 3.14. The van der Waals surface area contributed by atoms with Crippen LogP contribution in [0.5, 0.6) is 0 Å². The van der Waals surface area contributed by atoms with Crippen LogP contribution >= 0.6 is 11.8 Å². The minimum absolute atomic E-state index is 0.0793. The molecular weight excluding hydrogens is 551 g/mol. The first-order valence-corrected chi connectivity index (χ1v) is 15.4. The van der Waals surface area contributed by atoms with E-state index in [9.17, 15) is 14.0 Å². The van der Waals surface area contributed by atoms with Crippen LogP contribution < -0.4 is 10.6 Å². The van der Waals surface area contributed by atoms with Gasteiger partial charge in [0.1, 0.15) is 11.6 Å². The summed E-state index contributed by atoms with van der Waals surface area (Å²) in [5.41, 5.74) is 3.46. The summed E-state index contributed by atoms with van der Waals surface area (Å²) in [6.45, 7) is 12.7. The SMILES string of the molecule is C=CC(=O)N1[C@H](C)CN(c2nc(=O)n3c4c(c(-c5ccc(F)c6ccccc56)c(C)cc24)SCC2(COC2)C3)C[C@@H]1C. The maximum atomic E-state index is 14.9. The topological polar surface area (TPSA) is 67.7 Å². The smallest absolute Gasteiger partial charge is 0.350 e. The third kappa shape index (κ3) is 4.08. The number of hydrogen-bond donors (Lipinski definition) is 0. The molecule has 7 rings (SSSR count). The van der Waals surface area contributed by atoms with Crippen LogP contribution in [0.15, 0.2) is 64.8 Å². The summed E-state index contributed by atoms with van der Waals surface area (Å²) in [6.07, 6.45) is 1.36. The van der Waals surface area contributed by atoms with Gasteiger partial charge in [-0.1, -0.05) is 36.9 Å². The van der Waals surface area contributed by atoms with Crippen molar-refractivity contribution in [2.75, 3.05) is 37.0 Å². The molecule has 0 saturated carbocycles. The van der Waals surface area contributed by atoms with Gasteiger partial charge in [-0.05, 0) is 55.5 Å². The normalized spacial score (nSPS) is 21.4. The quantitative estimate of drug-likeness (QED) is 0.301. The summed E-state index contributed by atoms with van der Waals surface area (Å²) in [4.78, 5) is 36.2. The number of ether oxygens (including phenoxy) is 1. The number of thioether (sulfide) groups is 1. The molecule has 0 N–H and O–H groups in total. The van der Waals surface area contributed by atoms with Gasteiger partial charge >= 0.3 is 5.69 Å². The Kier molecular flexibility index (Phi) is 6.44. The minimum Gasteiger partial charge on any atom is -0.380 e. The van der Waals surface area contributed by atoms with Crippen molar-refractivity contribution in [1.29, 1.82) is 0 Å². The first-order chi connectivity index (χ1) is 20.2. The fraction of sp³-hybridized carbons (Fsp3) is 0.364. The number of amides is 1.